The maximum absolute atomic E-state index is 12.9. The van der Waals surface area contributed by atoms with Gasteiger partial charge in [-0.25, -0.2) is 0 Å². The number of hydrogen-bond donors (Lipinski definition) is 1. The summed E-state index contributed by atoms with van der Waals surface area (Å²) in [5.74, 6) is 0.104. The number of nitro groups is 1. The Hall–Kier alpha value is -3.09. The molecule has 0 atom stereocenters. The van der Waals surface area contributed by atoms with E-state index in [0.29, 0.717) is 12.3 Å². The molecule has 1 amide bonds. The van der Waals surface area contributed by atoms with Crippen molar-refractivity contribution in [1.29, 1.82) is 0 Å². The van der Waals surface area contributed by atoms with Gasteiger partial charge in [0.05, 0.1) is 24.7 Å². The highest BCUT2D eigenvalue weighted by atomic mass is 16.6. The minimum absolute atomic E-state index is 0.0849. The summed E-state index contributed by atoms with van der Waals surface area (Å²) in [5.41, 5.74) is 2.09. The number of carbonyl (C=O) groups excluding carboxylic acids is 1. The number of carbonyl (C=O) groups is 1. The molecule has 0 radical (unpaired) electrons. The topological polar surface area (TPSA) is 90.7 Å². The van der Waals surface area contributed by atoms with Crippen molar-refractivity contribution >= 4 is 17.3 Å². The highest BCUT2D eigenvalue weighted by Crippen LogP contribution is 2.36. The molecule has 0 aliphatic rings. The molecule has 0 bridgehead atoms. The van der Waals surface area contributed by atoms with Crippen LogP contribution in [0.3, 0.4) is 0 Å². The van der Waals surface area contributed by atoms with Crippen LogP contribution in [0.4, 0.5) is 11.4 Å². The van der Waals surface area contributed by atoms with Crippen LogP contribution in [0.25, 0.3) is 0 Å². The molecule has 2 aromatic carbocycles. The lowest BCUT2D eigenvalue weighted by Crippen LogP contribution is -2.17. The number of amides is 1. The molecule has 1 N–H and O–H groups in total. The van der Waals surface area contributed by atoms with Gasteiger partial charge in [-0.05, 0) is 30.9 Å². The van der Waals surface area contributed by atoms with Gasteiger partial charge < -0.3 is 14.8 Å². The van der Waals surface area contributed by atoms with Crippen molar-refractivity contribution in [3.63, 3.8) is 0 Å². The van der Waals surface area contributed by atoms with Crippen molar-refractivity contribution in [3.8, 4) is 11.5 Å². The average Bonchev–Trinajstić information content (AvgIpc) is 2.62. The van der Waals surface area contributed by atoms with Gasteiger partial charge in [0, 0.05) is 11.8 Å². The van der Waals surface area contributed by atoms with Crippen LogP contribution >= 0.6 is 0 Å². The van der Waals surface area contributed by atoms with Crippen molar-refractivity contribution in [2.24, 2.45) is 0 Å². The lowest BCUT2D eigenvalue weighted by molar-refractivity contribution is -0.385. The van der Waals surface area contributed by atoms with E-state index in [4.69, 9.17) is 9.47 Å². The second kappa shape index (κ2) is 8.53. The Morgan fingerprint density at radius 1 is 1.26 bits per heavy atom. The molecular weight excluding hydrogens is 348 g/mol. The molecule has 0 aliphatic carbocycles. The van der Waals surface area contributed by atoms with Gasteiger partial charge >= 0.3 is 0 Å². The lowest BCUT2D eigenvalue weighted by Gasteiger charge is -2.17. The quantitative estimate of drug-likeness (QED) is 0.562. The monoisotopic (exact) mass is 372 g/mol. The Morgan fingerprint density at radius 2 is 1.96 bits per heavy atom. The third-order valence-electron chi connectivity index (χ3n) is 4.19. The van der Waals surface area contributed by atoms with E-state index in [0.717, 1.165) is 11.1 Å². The first-order valence-corrected chi connectivity index (χ1v) is 8.70. The smallest absolute Gasteiger partial charge is 0.286 e. The molecule has 7 heteroatoms. The van der Waals surface area contributed by atoms with Crippen LogP contribution in [0.15, 0.2) is 30.3 Å². The molecule has 27 heavy (non-hydrogen) atoms. The Kier molecular flexibility index (Phi) is 6.39. The van der Waals surface area contributed by atoms with Crippen LogP contribution in [0.2, 0.25) is 0 Å². The fraction of sp³-hybridized carbons (Fsp3) is 0.350. The number of methoxy groups -OCH3 is 1. The molecule has 2 rings (SSSR count). The predicted molar refractivity (Wildman–Crippen MR) is 104 cm³/mol. The number of nitrogens with one attached hydrogen (secondary N) is 1. The van der Waals surface area contributed by atoms with Gasteiger partial charge in [0.2, 0.25) is 0 Å². The molecule has 0 saturated carbocycles. The number of hydrogen-bond acceptors (Lipinski definition) is 5. The van der Waals surface area contributed by atoms with Crippen LogP contribution in [0.1, 0.15) is 48.2 Å². The Labute approximate surface area is 158 Å². The first-order chi connectivity index (χ1) is 12.8. The Morgan fingerprint density at radius 3 is 2.52 bits per heavy atom. The first-order valence-electron chi connectivity index (χ1n) is 8.70. The number of nitrogens with zero attached hydrogens (tertiary/aromatic N) is 1. The van der Waals surface area contributed by atoms with Crippen molar-refractivity contribution in [2.75, 3.05) is 19.0 Å². The van der Waals surface area contributed by atoms with Crippen molar-refractivity contribution in [2.45, 2.75) is 33.6 Å². The van der Waals surface area contributed by atoms with E-state index in [-0.39, 0.29) is 28.7 Å². The van der Waals surface area contributed by atoms with Gasteiger partial charge in [0.25, 0.3) is 11.6 Å². The minimum atomic E-state index is -0.599. The van der Waals surface area contributed by atoms with Gasteiger partial charge in [0.1, 0.15) is 5.56 Å². The lowest BCUT2D eigenvalue weighted by atomic mass is 9.98. The third-order valence-corrected chi connectivity index (χ3v) is 4.19. The summed E-state index contributed by atoms with van der Waals surface area (Å²) < 4.78 is 10.6. The van der Waals surface area contributed by atoms with Crippen molar-refractivity contribution < 1.29 is 19.2 Å². The van der Waals surface area contributed by atoms with Gasteiger partial charge in [0.15, 0.2) is 11.5 Å². The van der Waals surface area contributed by atoms with Crippen LogP contribution in [0, 0.1) is 17.0 Å². The molecule has 0 unspecified atom stereocenters. The van der Waals surface area contributed by atoms with E-state index in [9.17, 15) is 14.9 Å². The highest BCUT2D eigenvalue weighted by Gasteiger charge is 2.25. The number of para-hydroxylation sites is 1. The summed E-state index contributed by atoms with van der Waals surface area (Å²) in [6, 6.07) is 8.29. The zero-order chi connectivity index (χ0) is 20.1. The van der Waals surface area contributed by atoms with E-state index >= 15 is 0 Å². The summed E-state index contributed by atoms with van der Waals surface area (Å²) >= 11 is 0. The Balaban J connectivity index is 2.52. The maximum atomic E-state index is 12.9. The van der Waals surface area contributed by atoms with Crippen molar-refractivity contribution in [3.05, 3.63) is 57.1 Å². The summed E-state index contributed by atoms with van der Waals surface area (Å²) in [6.07, 6.45) is 0. The third kappa shape index (κ3) is 4.36. The summed E-state index contributed by atoms with van der Waals surface area (Å²) in [7, 11) is 1.42. The fourth-order valence-corrected chi connectivity index (χ4v) is 2.83. The summed E-state index contributed by atoms with van der Waals surface area (Å²) in [6.45, 7) is 8.01. The van der Waals surface area contributed by atoms with Crippen LogP contribution in [0.5, 0.6) is 11.5 Å². The standard InChI is InChI=1S/C20H24N2O5/c1-6-27-18-11-16(22(24)25)15(10-17(18)26-5)20(23)21-19-13(4)8-7-9-14(19)12(2)3/h7-12H,6H2,1-5H3,(H,21,23). The van der Waals surface area contributed by atoms with E-state index in [1.807, 2.05) is 39.0 Å². The largest absolute Gasteiger partial charge is 0.493 e. The summed E-state index contributed by atoms with van der Waals surface area (Å²) in [4.78, 5) is 23.8. The van der Waals surface area contributed by atoms with Crippen molar-refractivity contribution in [1.82, 2.24) is 0 Å². The maximum Gasteiger partial charge on any atom is 0.286 e. The molecule has 7 nitrogen and oxygen atoms in total. The fourth-order valence-electron chi connectivity index (χ4n) is 2.83. The van der Waals surface area contributed by atoms with E-state index in [1.54, 1.807) is 6.92 Å². The molecule has 0 heterocycles. The number of aryl methyl sites for hydroxylation is 1. The molecule has 0 aliphatic heterocycles. The molecule has 0 spiro atoms. The van der Waals surface area contributed by atoms with Crippen LogP contribution in [-0.4, -0.2) is 24.5 Å². The van der Waals surface area contributed by atoms with E-state index in [1.165, 1.54) is 19.2 Å². The predicted octanol–water partition coefficient (Wildman–Crippen LogP) is 4.69. The number of anilines is 1. The van der Waals surface area contributed by atoms with Gasteiger partial charge in [-0.1, -0.05) is 32.0 Å². The van der Waals surface area contributed by atoms with Crippen LogP contribution in [-0.2, 0) is 0 Å². The van der Waals surface area contributed by atoms with Gasteiger partial charge in [-0.2, -0.15) is 0 Å². The molecule has 144 valence electrons. The highest BCUT2D eigenvalue weighted by molar-refractivity contribution is 6.08. The zero-order valence-corrected chi connectivity index (χ0v) is 16.2. The van der Waals surface area contributed by atoms with Gasteiger partial charge in [-0.15, -0.1) is 0 Å². The number of rotatable bonds is 7. The van der Waals surface area contributed by atoms with Crippen LogP contribution < -0.4 is 14.8 Å². The normalized spacial score (nSPS) is 10.6. The minimum Gasteiger partial charge on any atom is -0.493 e. The molecule has 0 saturated heterocycles. The first kappa shape index (κ1) is 20.2. The summed E-state index contributed by atoms with van der Waals surface area (Å²) in [5, 5.41) is 14.3. The van der Waals surface area contributed by atoms with E-state index in [2.05, 4.69) is 5.32 Å². The average molecular weight is 372 g/mol. The number of benzene rings is 2. The van der Waals surface area contributed by atoms with Gasteiger partial charge in [-0.3, -0.25) is 14.9 Å². The zero-order valence-electron chi connectivity index (χ0n) is 16.2. The SMILES string of the molecule is CCOc1cc([N+](=O)[O-])c(C(=O)Nc2c(C)cccc2C(C)C)cc1OC. The van der Waals surface area contributed by atoms with E-state index < -0.39 is 10.8 Å². The Bertz CT molecular complexity index is 862. The molecule has 0 fully saturated rings. The molecule has 2 aromatic rings. The second-order valence-electron chi connectivity index (χ2n) is 6.36. The number of ether oxygens (including phenoxy) is 2. The number of nitro benzene ring substituents is 1. The molecular formula is C20H24N2O5. The second-order valence-corrected chi connectivity index (χ2v) is 6.36. The molecule has 0 aromatic heterocycles.